The number of benzene rings is 1. The predicted molar refractivity (Wildman–Crippen MR) is 51.4 cm³/mol. The molecule has 1 fully saturated rings. The van der Waals surface area contributed by atoms with Gasteiger partial charge in [-0.1, -0.05) is 12.1 Å². The molecule has 0 amide bonds. The molecule has 0 aromatic heterocycles. The zero-order valence-corrected chi connectivity index (χ0v) is 8.41. The van der Waals surface area contributed by atoms with Crippen LogP contribution in [-0.2, 0) is 5.67 Å². The second-order valence-corrected chi connectivity index (χ2v) is 3.95. The second kappa shape index (κ2) is 3.52. The SMILES string of the molecule is Cc1ccc(C2(F)CCNC2)c(F)c1F. The highest BCUT2D eigenvalue weighted by Crippen LogP contribution is 2.35. The molecule has 1 aromatic carbocycles. The molecule has 1 aliphatic rings. The molecule has 1 heterocycles. The van der Waals surface area contributed by atoms with Crippen LogP contribution in [-0.4, -0.2) is 13.1 Å². The molecule has 15 heavy (non-hydrogen) atoms. The van der Waals surface area contributed by atoms with Crippen molar-refractivity contribution in [3.8, 4) is 0 Å². The molecule has 0 saturated carbocycles. The van der Waals surface area contributed by atoms with Gasteiger partial charge >= 0.3 is 0 Å². The molecule has 0 spiro atoms. The minimum atomic E-state index is -1.77. The number of halogens is 3. The summed E-state index contributed by atoms with van der Waals surface area (Å²) in [4.78, 5) is 0. The Bertz CT molecular complexity index is 384. The van der Waals surface area contributed by atoms with Crippen LogP contribution in [0.15, 0.2) is 12.1 Å². The van der Waals surface area contributed by atoms with Crippen molar-refractivity contribution in [2.24, 2.45) is 0 Å². The Labute approximate surface area is 86.3 Å². The predicted octanol–water partition coefficient (Wildman–Crippen LogP) is 2.43. The van der Waals surface area contributed by atoms with E-state index in [1.54, 1.807) is 0 Å². The molecule has 4 heteroatoms. The van der Waals surface area contributed by atoms with Crippen LogP contribution < -0.4 is 5.32 Å². The van der Waals surface area contributed by atoms with Crippen molar-refractivity contribution >= 4 is 0 Å². The Hall–Kier alpha value is -1.03. The highest BCUT2D eigenvalue weighted by molar-refractivity contribution is 5.31. The molecule has 1 saturated heterocycles. The van der Waals surface area contributed by atoms with Crippen molar-refractivity contribution in [3.05, 3.63) is 34.9 Å². The van der Waals surface area contributed by atoms with Gasteiger partial charge < -0.3 is 5.32 Å². The number of hydrogen-bond donors (Lipinski definition) is 1. The Balaban J connectivity index is 2.49. The summed E-state index contributed by atoms with van der Waals surface area (Å²) < 4.78 is 40.9. The topological polar surface area (TPSA) is 12.0 Å². The summed E-state index contributed by atoms with van der Waals surface area (Å²) in [5.74, 6) is -2.00. The molecule has 1 aliphatic heterocycles. The van der Waals surface area contributed by atoms with E-state index >= 15 is 0 Å². The summed E-state index contributed by atoms with van der Waals surface area (Å²) in [7, 11) is 0. The zero-order valence-electron chi connectivity index (χ0n) is 8.41. The first-order valence-electron chi connectivity index (χ1n) is 4.89. The number of hydrogen-bond acceptors (Lipinski definition) is 1. The Morgan fingerprint density at radius 1 is 1.27 bits per heavy atom. The van der Waals surface area contributed by atoms with Gasteiger partial charge in [-0.3, -0.25) is 0 Å². The third-order valence-electron chi connectivity index (χ3n) is 2.86. The van der Waals surface area contributed by atoms with Gasteiger partial charge in [-0.25, -0.2) is 13.2 Å². The molecule has 0 radical (unpaired) electrons. The van der Waals surface area contributed by atoms with Crippen LogP contribution >= 0.6 is 0 Å². The fourth-order valence-electron chi connectivity index (χ4n) is 1.88. The van der Waals surface area contributed by atoms with Crippen molar-refractivity contribution in [2.75, 3.05) is 13.1 Å². The minimum Gasteiger partial charge on any atom is -0.313 e. The number of rotatable bonds is 1. The van der Waals surface area contributed by atoms with Crippen LogP contribution in [0.3, 0.4) is 0 Å². The molecule has 1 aromatic rings. The van der Waals surface area contributed by atoms with E-state index in [2.05, 4.69) is 5.32 Å². The molecule has 0 bridgehead atoms. The van der Waals surface area contributed by atoms with Crippen LogP contribution in [0.4, 0.5) is 13.2 Å². The van der Waals surface area contributed by atoms with Gasteiger partial charge in [-0.15, -0.1) is 0 Å². The van der Waals surface area contributed by atoms with Crippen molar-refractivity contribution in [1.82, 2.24) is 5.32 Å². The Kier molecular flexibility index (Phi) is 2.46. The van der Waals surface area contributed by atoms with Crippen LogP contribution in [0.25, 0.3) is 0 Å². The summed E-state index contributed by atoms with van der Waals surface area (Å²) in [5, 5.41) is 2.81. The first-order valence-corrected chi connectivity index (χ1v) is 4.89. The monoisotopic (exact) mass is 215 g/mol. The zero-order chi connectivity index (χ0) is 11.1. The summed E-state index contributed by atoms with van der Waals surface area (Å²) in [6, 6.07) is 2.74. The van der Waals surface area contributed by atoms with Gasteiger partial charge in [0.25, 0.3) is 0 Å². The van der Waals surface area contributed by atoms with E-state index in [9.17, 15) is 13.2 Å². The molecule has 1 atom stereocenters. The molecule has 2 rings (SSSR count). The van der Waals surface area contributed by atoms with Gasteiger partial charge in [-0.2, -0.15) is 0 Å². The maximum atomic E-state index is 14.1. The van der Waals surface area contributed by atoms with E-state index in [-0.39, 0.29) is 24.1 Å². The second-order valence-electron chi connectivity index (χ2n) is 3.95. The van der Waals surface area contributed by atoms with E-state index in [0.29, 0.717) is 6.54 Å². The van der Waals surface area contributed by atoms with Gasteiger partial charge in [0, 0.05) is 12.1 Å². The van der Waals surface area contributed by atoms with Gasteiger partial charge in [0.2, 0.25) is 0 Å². The molecule has 1 unspecified atom stereocenters. The summed E-state index contributed by atoms with van der Waals surface area (Å²) in [6.45, 7) is 2.00. The molecule has 82 valence electrons. The van der Waals surface area contributed by atoms with Crippen LogP contribution in [0.2, 0.25) is 0 Å². The third-order valence-corrected chi connectivity index (χ3v) is 2.86. The van der Waals surface area contributed by atoms with Crippen molar-refractivity contribution in [2.45, 2.75) is 19.0 Å². The molecular weight excluding hydrogens is 203 g/mol. The maximum absolute atomic E-state index is 14.1. The van der Waals surface area contributed by atoms with Crippen molar-refractivity contribution in [1.29, 1.82) is 0 Å². The smallest absolute Gasteiger partial charge is 0.165 e. The van der Waals surface area contributed by atoms with Gasteiger partial charge in [-0.05, 0) is 25.5 Å². The summed E-state index contributed by atoms with van der Waals surface area (Å²) in [5.41, 5.74) is -1.74. The molecular formula is C11H12F3N. The van der Waals surface area contributed by atoms with Crippen LogP contribution in [0.1, 0.15) is 17.5 Å². The summed E-state index contributed by atoms with van der Waals surface area (Å²) >= 11 is 0. The largest absolute Gasteiger partial charge is 0.313 e. The van der Waals surface area contributed by atoms with Crippen LogP contribution in [0, 0.1) is 18.6 Å². The molecule has 1 N–H and O–H groups in total. The van der Waals surface area contributed by atoms with E-state index in [4.69, 9.17) is 0 Å². The van der Waals surface area contributed by atoms with E-state index in [0.717, 1.165) is 0 Å². The van der Waals surface area contributed by atoms with E-state index in [1.165, 1.54) is 19.1 Å². The fourth-order valence-corrected chi connectivity index (χ4v) is 1.88. The highest BCUT2D eigenvalue weighted by atomic mass is 19.2. The number of nitrogens with one attached hydrogen (secondary N) is 1. The Morgan fingerprint density at radius 2 is 2.00 bits per heavy atom. The number of aryl methyl sites for hydroxylation is 1. The lowest BCUT2D eigenvalue weighted by Crippen LogP contribution is -2.25. The normalized spacial score (nSPS) is 25.9. The average Bonchev–Trinajstić information content (AvgIpc) is 2.62. The lowest BCUT2D eigenvalue weighted by atomic mass is 9.93. The first kappa shape index (κ1) is 10.5. The molecule has 0 aliphatic carbocycles. The van der Waals surface area contributed by atoms with Crippen molar-refractivity contribution < 1.29 is 13.2 Å². The summed E-state index contributed by atoms with van der Waals surface area (Å²) in [6.07, 6.45) is 0.187. The van der Waals surface area contributed by atoms with Crippen LogP contribution in [0.5, 0.6) is 0 Å². The minimum absolute atomic E-state index is 0.0480. The highest BCUT2D eigenvalue weighted by Gasteiger charge is 2.38. The van der Waals surface area contributed by atoms with Crippen molar-refractivity contribution in [3.63, 3.8) is 0 Å². The van der Waals surface area contributed by atoms with E-state index in [1.807, 2.05) is 0 Å². The average molecular weight is 215 g/mol. The van der Waals surface area contributed by atoms with Gasteiger partial charge in [0.1, 0.15) is 0 Å². The fraction of sp³-hybridized carbons (Fsp3) is 0.455. The molecule has 1 nitrogen and oxygen atoms in total. The quantitative estimate of drug-likeness (QED) is 0.758. The maximum Gasteiger partial charge on any atom is 0.165 e. The first-order chi connectivity index (χ1) is 7.04. The van der Waals surface area contributed by atoms with Gasteiger partial charge in [0.15, 0.2) is 17.3 Å². The lowest BCUT2D eigenvalue weighted by molar-refractivity contribution is 0.184. The number of alkyl halides is 1. The Morgan fingerprint density at radius 3 is 2.60 bits per heavy atom. The van der Waals surface area contributed by atoms with Gasteiger partial charge in [0.05, 0.1) is 0 Å². The van der Waals surface area contributed by atoms with E-state index < -0.39 is 17.3 Å². The lowest BCUT2D eigenvalue weighted by Gasteiger charge is -2.19. The third kappa shape index (κ3) is 1.63. The standard InChI is InChI=1S/C11H12F3N/c1-7-2-3-8(10(13)9(7)12)11(14)4-5-15-6-11/h2-3,15H,4-6H2,1H3.